The molecule has 0 saturated heterocycles. The summed E-state index contributed by atoms with van der Waals surface area (Å²) in [6.45, 7) is 2.12. The summed E-state index contributed by atoms with van der Waals surface area (Å²) in [5, 5.41) is 5.25. The summed E-state index contributed by atoms with van der Waals surface area (Å²) in [4.78, 5) is 41.5. The van der Waals surface area contributed by atoms with Crippen molar-refractivity contribution in [3.05, 3.63) is 58.3 Å². The van der Waals surface area contributed by atoms with Crippen molar-refractivity contribution in [2.75, 3.05) is 11.9 Å². The van der Waals surface area contributed by atoms with Gasteiger partial charge in [0, 0.05) is 23.5 Å². The van der Waals surface area contributed by atoms with Crippen molar-refractivity contribution >= 4 is 28.8 Å². The van der Waals surface area contributed by atoms with E-state index >= 15 is 0 Å². The number of hydrogen-bond donors (Lipinski definition) is 3. The Morgan fingerprint density at radius 1 is 1.27 bits per heavy atom. The van der Waals surface area contributed by atoms with Gasteiger partial charge in [-0.05, 0) is 31.2 Å². The molecule has 0 aliphatic heterocycles. The molecule has 2 amide bonds. The van der Waals surface area contributed by atoms with Crippen molar-refractivity contribution in [2.24, 2.45) is 0 Å². The van der Waals surface area contributed by atoms with Crippen molar-refractivity contribution in [2.45, 2.75) is 13.5 Å². The van der Waals surface area contributed by atoms with Gasteiger partial charge >= 0.3 is 11.8 Å². The Labute approximate surface area is 147 Å². The van der Waals surface area contributed by atoms with E-state index < -0.39 is 11.8 Å². The highest BCUT2D eigenvalue weighted by atomic mass is 16.5. The minimum atomic E-state index is -0.559. The van der Waals surface area contributed by atoms with E-state index in [4.69, 9.17) is 9.15 Å². The fourth-order valence-corrected chi connectivity index (χ4v) is 2.29. The second-order valence-electron chi connectivity index (χ2n) is 5.29. The number of amides is 2. The number of aromatic amines is 1. The van der Waals surface area contributed by atoms with Gasteiger partial charge in [-0.1, -0.05) is 0 Å². The summed E-state index contributed by atoms with van der Waals surface area (Å²) < 4.78 is 9.73. The van der Waals surface area contributed by atoms with Gasteiger partial charge < -0.3 is 19.8 Å². The van der Waals surface area contributed by atoms with Crippen LogP contribution in [0.4, 0.5) is 10.5 Å². The second kappa shape index (κ2) is 7.51. The average molecular weight is 356 g/mol. The summed E-state index contributed by atoms with van der Waals surface area (Å²) in [5.41, 5.74) is 2.26. The molecule has 0 bridgehead atoms. The molecule has 0 fully saturated rings. The molecule has 2 aromatic heterocycles. The number of carbonyl (C=O) groups is 2. The Morgan fingerprint density at radius 2 is 2.12 bits per heavy atom. The van der Waals surface area contributed by atoms with Crippen molar-refractivity contribution < 1.29 is 18.7 Å². The first-order valence-corrected chi connectivity index (χ1v) is 7.85. The van der Waals surface area contributed by atoms with Gasteiger partial charge in [-0.2, -0.15) is 0 Å². The molecule has 0 atom stereocenters. The number of aromatic nitrogens is 2. The Bertz CT molecular complexity index is 1010. The molecule has 9 heteroatoms. The normalized spacial score (nSPS) is 10.5. The SMILES string of the molecule is CCOC(=O)NCc1cc(C(=O)Nc2ccc3[nH]c(=O)oc3c2)ccn1. The van der Waals surface area contributed by atoms with Gasteiger partial charge in [0.15, 0.2) is 5.58 Å². The zero-order valence-corrected chi connectivity index (χ0v) is 13.9. The maximum Gasteiger partial charge on any atom is 0.417 e. The number of oxazole rings is 1. The monoisotopic (exact) mass is 356 g/mol. The molecule has 3 rings (SSSR count). The molecule has 3 aromatic rings. The number of alkyl carbamates (subject to hydrolysis) is 1. The molecule has 9 nitrogen and oxygen atoms in total. The smallest absolute Gasteiger partial charge is 0.417 e. The Balaban J connectivity index is 1.69. The molecule has 0 unspecified atom stereocenters. The van der Waals surface area contributed by atoms with Gasteiger partial charge in [0.05, 0.1) is 24.4 Å². The standard InChI is InChI=1S/C17H16N4O5/c1-2-25-16(23)19-9-12-7-10(5-6-18-12)15(22)20-11-3-4-13-14(8-11)26-17(24)21-13/h3-8H,2,9H2,1H3,(H,19,23)(H,20,22)(H,21,24). The number of pyridine rings is 1. The molecule has 0 radical (unpaired) electrons. The van der Waals surface area contributed by atoms with Crippen LogP contribution in [0.2, 0.25) is 0 Å². The lowest BCUT2D eigenvalue weighted by molar-refractivity contribution is 0.102. The first-order chi connectivity index (χ1) is 12.5. The second-order valence-corrected chi connectivity index (χ2v) is 5.29. The van der Waals surface area contributed by atoms with Gasteiger partial charge in [-0.15, -0.1) is 0 Å². The van der Waals surface area contributed by atoms with Crippen LogP contribution in [0, 0.1) is 0 Å². The topological polar surface area (TPSA) is 126 Å². The van der Waals surface area contributed by atoms with Crippen molar-refractivity contribution in [1.82, 2.24) is 15.3 Å². The molecule has 26 heavy (non-hydrogen) atoms. The van der Waals surface area contributed by atoms with Crippen LogP contribution in [0.3, 0.4) is 0 Å². The first kappa shape index (κ1) is 17.2. The lowest BCUT2D eigenvalue weighted by Gasteiger charge is -2.07. The molecule has 134 valence electrons. The molecule has 0 spiro atoms. The predicted octanol–water partition coefficient (Wildman–Crippen LogP) is 2.01. The lowest BCUT2D eigenvalue weighted by atomic mass is 10.2. The molecular formula is C17H16N4O5. The molecule has 0 saturated carbocycles. The largest absolute Gasteiger partial charge is 0.450 e. The minimum Gasteiger partial charge on any atom is -0.450 e. The third-order valence-corrected chi connectivity index (χ3v) is 3.45. The number of fused-ring (bicyclic) bond motifs is 1. The summed E-state index contributed by atoms with van der Waals surface area (Å²) in [5.74, 6) is -0.918. The fraction of sp³-hybridized carbons (Fsp3) is 0.176. The predicted molar refractivity (Wildman–Crippen MR) is 92.9 cm³/mol. The van der Waals surface area contributed by atoms with Crippen LogP contribution >= 0.6 is 0 Å². The fourth-order valence-electron chi connectivity index (χ4n) is 2.29. The number of nitrogens with zero attached hydrogens (tertiary/aromatic N) is 1. The molecule has 1 aromatic carbocycles. The van der Waals surface area contributed by atoms with Gasteiger partial charge in [-0.3, -0.25) is 14.8 Å². The lowest BCUT2D eigenvalue weighted by Crippen LogP contribution is -2.24. The Morgan fingerprint density at radius 3 is 2.92 bits per heavy atom. The van der Waals surface area contributed by atoms with Crippen LogP contribution in [0.1, 0.15) is 23.0 Å². The van der Waals surface area contributed by atoms with Gasteiger partial charge in [-0.25, -0.2) is 9.59 Å². The van der Waals surface area contributed by atoms with E-state index in [0.717, 1.165) is 0 Å². The number of H-pyrrole nitrogens is 1. The van der Waals surface area contributed by atoms with Gasteiger partial charge in [0.25, 0.3) is 5.91 Å². The minimum absolute atomic E-state index is 0.139. The summed E-state index contributed by atoms with van der Waals surface area (Å²) in [7, 11) is 0. The van der Waals surface area contributed by atoms with E-state index in [2.05, 4.69) is 20.6 Å². The van der Waals surface area contributed by atoms with Gasteiger partial charge in [0.2, 0.25) is 0 Å². The zero-order chi connectivity index (χ0) is 18.5. The summed E-state index contributed by atoms with van der Waals surface area (Å²) >= 11 is 0. The van der Waals surface area contributed by atoms with Crippen LogP contribution in [0.25, 0.3) is 11.1 Å². The Hall–Kier alpha value is -3.62. The maximum absolute atomic E-state index is 12.4. The molecule has 0 aliphatic rings. The van der Waals surface area contributed by atoms with Crippen LogP contribution in [-0.2, 0) is 11.3 Å². The van der Waals surface area contributed by atoms with Gasteiger partial charge in [0.1, 0.15) is 0 Å². The quantitative estimate of drug-likeness (QED) is 0.642. The van der Waals surface area contributed by atoms with Crippen LogP contribution < -0.4 is 16.4 Å². The highest BCUT2D eigenvalue weighted by Gasteiger charge is 2.10. The third-order valence-electron chi connectivity index (χ3n) is 3.45. The van der Waals surface area contributed by atoms with E-state index in [1.54, 1.807) is 37.3 Å². The Kier molecular flexibility index (Phi) is 4.97. The van der Waals surface area contributed by atoms with Crippen LogP contribution in [-0.4, -0.2) is 28.6 Å². The average Bonchev–Trinajstić information content (AvgIpc) is 3.00. The third kappa shape index (κ3) is 4.07. The molecule has 0 aliphatic carbocycles. The van der Waals surface area contributed by atoms with Crippen molar-refractivity contribution in [1.29, 1.82) is 0 Å². The maximum atomic E-state index is 12.4. The van der Waals surface area contributed by atoms with E-state index in [9.17, 15) is 14.4 Å². The number of nitrogens with one attached hydrogen (secondary N) is 3. The summed E-state index contributed by atoms with van der Waals surface area (Å²) in [6, 6.07) is 7.96. The van der Waals surface area contributed by atoms with Crippen LogP contribution in [0.15, 0.2) is 45.7 Å². The number of ether oxygens (including phenoxy) is 1. The number of anilines is 1. The molecular weight excluding hydrogens is 340 g/mol. The van der Waals surface area contributed by atoms with E-state index in [1.165, 1.54) is 6.20 Å². The number of hydrogen-bond acceptors (Lipinski definition) is 6. The first-order valence-electron chi connectivity index (χ1n) is 7.85. The van der Waals surface area contributed by atoms with Crippen LogP contribution in [0.5, 0.6) is 0 Å². The molecule has 3 N–H and O–H groups in total. The van der Waals surface area contributed by atoms with E-state index in [-0.39, 0.29) is 19.1 Å². The molecule has 2 heterocycles. The van der Waals surface area contributed by atoms with E-state index in [0.29, 0.717) is 28.0 Å². The van der Waals surface area contributed by atoms with Crippen molar-refractivity contribution in [3.8, 4) is 0 Å². The highest BCUT2D eigenvalue weighted by Crippen LogP contribution is 2.17. The number of rotatable bonds is 5. The number of benzene rings is 1. The zero-order valence-electron chi connectivity index (χ0n) is 13.9. The number of carbonyl (C=O) groups excluding carboxylic acids is 2. The summed E-state index contributed by atoms with van der Waals surface area (Å²) in [6.07, 6.45) is 0.927. The highest BCUT2D eigenvalue weighted by molar-refractivity contribution is 6.04. The van der Waals surface area contributed by atoms with E-state index in [1.807, 2.05) is 0 Å². The van der Waals surface area contributed by atoms with Crippen molar-refractivity contribution in [3.63, 3.8) is 0 Å².